The highest BCUT2D eigenvalue weighted by Gasteiger charge is 2.36. The number of halogens is 1. The van der Waals surface area contributed by atoms with E-state index in [0.717, 1.165) is 54.9 Å². The zero-order valence-corrected chi connectivity index (χ0v) is 18.2. The van der Waals surface area contributed by atoms with Crippen LogP contribution in [0.1, 0.15) is 43.5 Å². The van der Waals surface area contributed by atoms with Crippen LogP contribution in [0.3, 0.4) is 0 Å². The van der Waals surface area contributed by atoms with Crippen LogP contribution in [0.2, 0.25) is 5.02 Å². The van der Waals surface area contributed by atoms with Crippen LogP contribution in [0.5, 0.6) is 5.75 Å². The third-order valence-corrected chi connectivity index (χ3v) is 6.70. The van der Waals surface area contributed by atoms with Crippen LogP contribution in [0.25, 0.3) is 0 Å². The first-order valence-corrected chi connectivity index (χ1v) is 11.5. The number of hydrogen-bond donors (Lipinski definition) is 0. The number of nitrogens with zero attached hydrogens (tertiary/aromatic N) is 5. The fraction of sp³-hybridized carbons (Fsp3) is 0.619. The maximum Gasteiger partial charge on any atom is 0.199 e. The Morgan fingerprint density at radius 3 is 2.34 bits per heavy atom. The Morgan fingerprint density at radius 2 is 1.69 bits per heavy atom. The van der Waals surface area contributed by atoms with E-state index in [-0.39, 0.29) is 0 Å². The molecule has 1 aromatic heterocycles. The summed E-state index contributed by atoms with van der Waals surface area (Å²) in [5.41, 5.74) is 0. The number of aromatic nitrogens is 3. The van der Waals surface area contributed by atoms with Crippen LogP contribution in [0, 0.1) is 4.77 Å². The van der Waals surface area contributed by atoms with Crippen LogP contribution < -0.4 is 4.74 Å². The van der Waals surface area contributed by atoms with Crippen molar-refractivity contribution < 1.29 is 4.74 Å². The van der Waals surface area contributed by atoms with Crippen LogP contribution in [-0.4, -0.2) is 63.5 Å². The Hall–Kier alpha value is -1.41. The smallest absolute Gasteiger partial charge is 0.199 e. The van der Waals surface area contributed by atoms with Gasteiger partial charge in [0.2, 0.25) is 0 Å². The van der Waals surface area contributed by atoms with Gasteiger partial charge in [-0.1, -0.05) is 11.6 Å². The zero-order valence-electron chi connectivity index (χ0n) is 16.7. The van der Waals surface area contributed by atoms with E-state index in [1.165, 1.54) is 31.5 Å². The van der Waals surface area contributed by atoms with Crippen molar-refractivity contribution in [1.29, 1.82) is 0 Å². The lowest BCUT2D eigenvalue weighted by Crippen LogP contribution is -2.47. The Morgan fingerprint density at radius 1 is 1.00 bits per heavy atom. The summed E-state index contributed by atoms with van der Waals surface area (Å²) < 4.78 is 11.2. The van der Waals surface area contributed by atoms with E-state index in [1.54, 1.807) is 0 Å². The molecule has 0 radical (unpaired) electrons. The molecule has 6 nitrogen and oxygen atoms in total. The molecule has 0 atom stereocenters. The van der Waals surface area contributed by atoms with Gasteiger partial charge in [-0.05, 0) is 62.2 Å². The third-order valence-electron chi connectivity index (χ3n) is 6.04. The second-order valence-corrected chi connectivity index (χ2v) is 9.22. The van der Waals surface area contributed by atoms with Crippen molar-refractivity contribution in [2.24, 2.45) is 0 Å². The van der Waals surface area contributed by atoms with Crippen molar-refractivity contribution in [2.75, 3.05) is 39.3 Å². The van der Waals surface area contributed by atoms with E-state index >= 15 is 0 Å². The quantitative estimate of drug-likeness (QED) is 0.589. The van der Waals surface area contributed by atoms with E-state index in [0.29, 0.717) is 18.6 Å². The number of hydrogen-bond acceptors (Lipinski definition) is 5. The first kappa shape index (κ1) is 19.5. The van der Waals surface area contributed by atoms with E-state index in [1.807, 2.05) is 24.3 Å². The van der Waals surface area contributed by atoms with Crippen LogP contribution in [0.15, 0.2) is 24.3 Å². The predicted molar refractivity (Wildman–Crippen MR) is 116 cm³/mol. The van der Waals surface area contributed by atoms with Crippen molar-refractivity contribution in [3.8, 4) is 5.75 Å². The Bertz CT molecular complexity index is 895. The van der Waals surface area contributed by atoms with Gasteiger partial charge >= 0.3 is 0 Å². The minimum absolute atomic E-state index is 0.615. The minimum atomic E-state index is 0.615. The lowest BCUT2D eigenvalue weighted by atomic mass is 10.3. The zero-order chi connectivity index (χ0) is 19.8. The number of benzene rings is 1. The van der Waals surface area contributed by atoms with Gasteiger partial charge in [0.05, 0.1) is 6.67 Å². The van der Waals surface area contributed by atoms with Gasteiger partial charge in [0.1, 0.15) is 18.2 Å². The standard InChI is InChI=1S/C21H28ClN5OS/c22-17-3-7-19(8-4-17)28-14-13-24-9-11-25(12-10-24)15-26-21(29)27(18-5-6-18)20(23-26)16-1-2-16/h3-4,7-8,16,18H,1-2,5-6,9-15H2. The number of piperazine rings is 1. The molecule has 3 aliphatic rings. The molecular formula is C21H28ClN5OS. The monoisotopic (exact) mass is 433 g/mol. The van der Waals surface area contributed by atoms with Gasteiger partial charge in [0, 0.05) is 49.7 Å². The second-order valence-electron chi connectivity index (χ2n) is 8.42. The van der Waals surface area contributed by atoms with Crippen molar-refractivity contribution >= 4 is 23.8 Å². The van der Waals surface area contributed by atoms with Crippen LogP contribution in [-0.2, 0) is 6.67 Å². The van der Waals surface area contributed by atoms with Gasteiger partial charge in [-0.3, -0.25) is 9.80 Å². The molecule has 2 aromatic rings. The molecule has 0 amide bonds. The molecule has 0 N–H and O–H groups in total. The average Bonchev–Trinajstić information content (AvgIpc) is 3.64. The Balaban J connectivity index is 1.10. The van der Waals surface area contributed by atoms with E-state index in [9.17, 15) is 0 Å². The molecule has 1 aromatic carbocycles. The van der Waals surface area contributed by atoms with E-state index < -0.39 is 0 Å². The summed E-state index contributed by atoms with van der Waals surface area (Å²) in [6, 6.07) is 8.17. The molecule has 5 rings (SSSR count). The summed E-state index contributed by atoms with van der Waals surface area (Å²) in [6.07, 6.45) is 5.07. The highest BCUT2D eigenvalue weighted by atomic mass is 35.5. The summed E-state index contributed by atoms with van der Waals surface area (Å²) in [5.74, 6) is 2.77. The maximum absolute atomic E-state index is 5.91. The molecule has 8 heteroatoms. The summed E-state index contributed by atoms with van der Waals surface area (Å²) in [5, 5.41) is 5.66. The molecule has 1 aliphatic heterocycles. The van der Waals surface area contributed by atoms with Gasteiger partial charge < -0.3 is 9.30 Å². The number of ether oxygens (including phenoxy) is 1. The third kappa shape index (κ3) is 4.68. The summed E-state index contributed by atoms with van der Waals surface area (Å²) in [7, 11) is 0. The van der Waals surface area contributed by atoms with E-state index in [4.69, 9.17) is 33.7 Å². The molecule has 0 bridgehead atoms. The molecular weight excluding hydrogens is 406 g/mol. The topological polar surface area (TPSA) is 38.5 Å². The van der Waals surface area contributed by atoms with Crippen LogP contribution >= 0.6 is 23.8 Å². The fourth-order valence-corrected chi connectivity index (χ4v) is 4.46. The first-order valence-electron chi connectivity index (χ1n) is 10.7. The fourth-order valence-electron chi connectivity index (χ4n) is 3.99. The predicted octanol–water partition coefficient (Wildman–Crippen LogP) is 3.93. The van der Waals surface area contributed by atoms with Gasteiger partial charge in [0.15, 0.2) is 4.77 Å². The molecule has 2 aliphatic carbocycles. The summed E-state index contributed by atoms with van der Waals surface area (Å²) in [4.78, 5) is 4.93. The SMILES string of the molecule is S=c1n(CN2CCN(CCOc3ccc(Cl)cc3)CC2)nc(C2CC2)n1C1CC1. The Kier molecular flexibility index (Phi) is 5.65. The molecule has 2 saturated carbocycles. The molecule has 0 unspecified atom stereocenters. The Labute approximate surface area is 182 Å². The molecule has 156 valence electrons. The minimum Gasteiger partial charge on any atom is -0.492 e. The second kappa shape index (κ2) is 8.38. The van der Waals surface area contributed by atoms with Gasteiger partial charge in [-0.2, -0.15) is 5.10 Å². The summed E-state index contributed by atoms with van der Waals surface area (Å²) in [6.45, 7) is 6.64. The lowest BCUT2D eigenvalue weighted by molar-refractivity contribution is 0.0919. The van der Waals surface area contributed by atoms with Crippen molar-refractivity contribution in [1.82, 2.24) is 24.1 Å². The summed E-state index contributed by atoms with van der Waals surface area (Å²) >= 11 is 11.7. The van der Waals surface area contributed by atoms with Gasteiger partial charge in [-0.25, -0.2) is 4.68 Å². The van der Waals surface area contributed by atoms with Crippen LogP contribution in [0.4, 0.5) is 0 Å². The normalized spacial score (nSPS) is 20.9. The van der Waals surface area contributed by atoms with Gasteiger partial charge in [-0.15, -0.1) is 0 Å². The lowest BCUT2D eigenvalue weighted by Gasteiger charge is -2.34. The highest BCUT2D eigenvalue weighted by molar-refractivity contribution is 7.71. The van der Waals surface area contributed by atoms with Gasteiger partial charge in [0.25, 0.3) is 0 Å². The molecule has 2 heterocycles. The number of rotatable bonds is 8. The van der Waals surface area contributed by atoms with Crippen molar-refractivity contribution in [3.05, 3.63) is 39.9 Å². The van der Waals surface area contributed by atoms with Crippen molar-refractivity contribution in [3.63, 3.8) is 0 Å². The highest BCUT2D eigenvalue weighted by Crippen LogP contribution is 2.44. The maximum atomic E-state index is 5.91. The molecule has 3 fully saturated rings. The average molecular weight is 434 g/mol. The molecule has 0 spiro atoms. The van der Waals surface area contributed by atoms with E-state index in [2.05, 4.69) is 19.0 Å². The largest absolute Gasteiger partial charge is 0.492 e. The molecule has 29 heavy (non-hydrogen) atoms. The van der Waals surface area contributed by atoms with Crippen molar-refractivity contribution in [2.45, 2.75) is 44.3 Å². The molecule has 1 saturated heterocycles. The first-order chi connectivity index (χ1) is 14.2.